The van der Waals surface area contributed by atoms with E-state index < -0.39 is 9.84 Å². The van der Waals surface area contributed by atoms with Crippen LogP contribution in [0.5, 0.6) is 0 Å². The molecule has 72 valence electrons. The number of aryl methyl sites for hydroxylation is 1. The van der Waals surface area contributed by atoms with E-state index in [2.05, 4.69) is 9.97 Å². The van der Waals surface area contributed by atoms with Gasteiger partial charge in [0.05, 0.1) is 22.9 Å². The van der Waals surface area contributed by atoms with E-state index in [9.17, 15) is 8.42 Å². The highest BCUT2D eigenvalue weighted by atomic mass is 32.2. The monoisotopic (exact) mass is 202 g/mol. The maximum absolute atomic E-state index is 11.2. The minimum Gasteiger partial charge on any atom is -0.388 e. The molecule has 0 aliphatic carbocycles. The molecule has 1 aliphatic heterocycles. The first-order valence-electron chi connectivity index (χ1n) is 3.98. The number of rotatable bonds is 1. The van der Waals surface area contributed by atoms with Crippen LogP contribution in [0.15, 0.2) is 0 Å². The molecular formula is C7H10N2O3S. The summed E-state index contributed by atoms with van der Waals surface area (Å²) in [6, 6.07) is 0. The molecule has 13 heavy (non-hydrogen) atoms. The lowest BCUT2D eigenvalue weighted by atomic mass is 10.3. The fraction of sp³-hybridized carbons (Fsp3) is 0.571. The Bertz CT molecular complexity index is 421. The van der Waals surface area contributed by atoms with Crippen LogP contribution in [0, 0.1) is 0 Å². The zero-order valence-corrected chi connectivity index (χ0v) is 7.76. The molecular weight excluding hydrogens is 192 g/mol. The molecule has 2 heterocycles. The van der Waals surface area contributed by atoms with Crippen molar-refractivity contribution in [2.24, 2.45) is 0 Å². The third-order valence-electron chi connectivity index (χ3n) is 2.08. The number of H-pyrrole nitrogens is 1. The summed E-state index contributed by atoms with van der Waals surface area (Å²) < 4.78 is 22.4. The van der Waals surface area contributed by atoms with Gasteiger partial charge >= 0.3 is 0 Å². The first kappa shape index (κ1) is 8.71. The Morgan fingerprint density at radius 1 is 1.54 bits per heavy atom. The second kappa shape index (κ2) is 2.81. The number of nitrogens with one attached hydrogen (secondary N) is 1. The summed E-state index contributed by atoms with van der Waals surface area (Å²) in [6.45, 7) is -0.174. The molecule has 0 radical (unpaired) electrons. The summed E-state index contributed by atoms with van der Waals surface area (Å²) >= 11 is 0. The second-order valence-corrected chi connectivity index (χ2v) is 5.29. The Hall–Kier alpha value is -0.880. The number of imidazole rings is 1. The predicted octanol–water partition coefficient (Wildman–Crippen LogP) is -0.627. The van der Waals surface area contributed by atoms with Gasteiger partial charge in [0.1, 0.15) is 12.4 Å². The van der Waals surface area contributed by atoms with Gasteiger partial charge in [0, 0.05) is 6.42 Å². The highest BCUT2D eigenvalue weighted by molar-refractivity contribution is 7.90. The number of hydrogen-bond donors (Lipinski definition) is 2. The molecule has 1 aromatic heterocycles. The highest BCUT2D eigenvalue weighted by Gasteiger charge is 2.24. The molecule has 0 saturated carbocycles. The third-order valence-corrected chi connectivity index (χ3v) is 3.63. The molecule has 0 atom stereocenters. The molecule has 0 aromatic carbocycles. The predicted molar refractivity (Wildman–Crippen MR) is 45.7 cm³/mol. The average molecular weight is 202 g/mol. The standard InChI is InChI=1S/C7H10N2O3S/c10-3-7-8-5-1-2-13(11,12)4-6(5)9-7/h10H,1-4H2,(H,8,9). The normalized spacial score (nSPS) is 19.8. The minimum absolute atomic E-state index is 0.0231. The van der Waals surface area contributed by atoms with E-state index in [0.29, 0.717) is 17.9 Å². The van der Waals surface area contributed by atoms with Gasteiger partial charge in [-0.3, -0.25) is 0 Å². The topological polar surface area (TPSA) is 83.1 Å². The van der Waals surface area contributed by atoms with Gasteiger partial charge < -0.3 is 10.1 Å². The number of aromatic amines is 1. The fourth-order valence-electron chi connectivity index (χ4n) is 1.45. The van der Waals surface area contributed by atoms with Crippen LogP contribution in [-0.4, -0.2) is 29.2 Å². The van der Waals surface area contributed by atoms with Crippen molar-refractivity contribution < 1.29 is 13.5 Å². The molecule has 6 heteroatoms. The van der Waals surface area contributed by atoms with E-state index in [-0.39, 0.29) is 18.1 Å². The number of hydrogen-bond acceptors (Lipinski definition) is 4. The Kier molecular flexibility index (Phi) is 1.88. The van der Waals surface area contributed by atoms with Gasteiger partial charge in [0.2, 0.25) is 0 Å². The lowest BCUT2D eigenvalue weighted by Gasteiger charge is -2.09. The van der Waals surface area contributed by atoms with Crippen molar-refractivity contribution in [1.82, 2.24) is 9.97 Å². The quantitative estimate of drug-likeness (QED) is 0.635. The number of aliphatic hydroxyl groups is 1. The van der Waals surface area contributed by atoms with Crippen molar-refractivity contribution >= 4 is 9.84 Å². The van der Waals surface area contributed by atoms with E-state index in [1.54, 1.807) is 0 Å². The van der Waals surface area contributed by atoms with Crippen molar-refractivity contribution in [3.8, 4) is 0 Å². The summed E-state index contributed by atoms with van der Waals surface area (Å²) in [5, 5.41) is 8.77. The zero-order valence-electron chi connectivity index (χ0n) is 6.95. The van der Waals surface area contributed by atoms with Crippen LogP contribution in [0.2, 0.25) is 0 Å². The van der Waals surface area contributed by atoms with Gasteiger partial charge in [-0.25, -0.2) is 13.4 Å². The van der Waals surface area contributed by atoms with Crippen LogP contribution in [0.3, 0.4) is 0 Å². The second-order valence-electron chi connectivity index (χ2n) is 3.11. The van der Waals surface area contributed by atoms with E-state index >= 15 is 0 Å². The van der Waals surface area contributed by atoms with Gasteiger partial charge in [0.25, 0.3) is 0 Å². The lowest BCUT2D eigenvalue weighted by Crippen LogP contribution is -2.18. The van der Waals surface area contributed by atoms with Crippen molar-refractivity contribution in [1.29, 1.82) is 0 Å². The van der Waals surface area contributed by atoms with Crippen molar-refractivity contribution in [3.63, 3.8) is 0 Å². The highest BCUT2D eigenvalue weighted by Crippen LogP contribution is 2.18. The maximum Gasteiger partial charge on any atom is 0.156 e. The SMILES string of the molecule is O=S1(=O)CCc2nc(CO)[nH]c2C1. The van der Waals surface area contributed by atoms with Crippen LogP contribution in [0.1, 0.15) is 17.2 Å². The number of aliphatic hydroxyl groups excluding tert-OH is 1. The summed E-state index contributed by atoms with van der Waals surface area (Å²) in [7, 11) is -2.94. The molecule has 0 fully saturated rings. The largest absolute Gasteiger partial charge is 0.388 e. The number of nitrogens with zero attached hydrogens (tertiary/aromatic N) is 1. The lowest BCUT2D eigenvalue weighted by molar-refractivity contribution is 0.272. The van der Waals surface area contributed by atoms with Crippen molar-refractivity contribution in [2.75, 3.05) is 5.75 Å². The summed E-state index contributed by atoms with van der Waals surface area (Å²) in [4.78, 5) is 6.86. The van der Waals surface area contributed by atoms with Crippen LogP contribution in [0.25, 0.3) is 0 Å². The molecule has 0 unspecified atom stereocenters. The zero-order chi connectivity index (χ0) is 9.47. The van der Waals surface area contributed by atoms with Crippen LogP contribution >= 0.6 is 0 Å². The third kappa shape index (κ3) is 1.59. The van der Waals surface area contributed by atoms with Crippen LogP contribution in [-0.2, 0) is 28.6 Å². The molecule has 2 N–H and O–H groups in total. The van der Waals surface area contributed by atoms with Crippen molar-refractivity contribution in [2.45, 2.75) is 18.8 Å². The Labute approximate surface area is 75.7 Å². The van der Waals surface area contributed by atoms with Gasteiger partial charge in [-0.1, -0.05) is 0 Å². The van der Waals surface area contributed by atoms with Gasteiger partial charge in [0.15, 0.2) is 9.84 Å². The molecule has 0 amide bonds. The molecule has 1 aromatic rings. The Balaban J connectivity index is 2.40. The first-order chi connectivity index (χ1) is 6.11. The number of aromatic nitrogens is 2. The molecule has 5 nitrogen and oxygen atoms in total. The van der Waals surface area contributed by atoms with Gasteiger partial charge in [-0.15, -0.1) is 0 Å². The van der Waals surface area contributed by atoms with Crippen LogP contribution < -0.4 is 0 Å². The smallest absolute Gasteiger partial charge is 0.156 e. The molecule has 1 aliphatic rings. The Morgan fingerprint density at radius 3 is 3.00 bits per heavy atom. The van der Waals surface area contributed by atoms with Gasteiger partial charge in [-0.05, 0) is 0 Å². The molecule has 2 rings (SSSR count). The van der Waals surface area contributed by atoms with E-state index in [1.165, 1.54) is 0 Å². The molecule has 0 bridgehead atoms. The summed E-state index contributed by atoms with van der Waals surface area (Å²) in [5.74, 6) is 0.632. The molecule has 0 spiro atoms. The number of fused-ring (bicyclic) bond motifs is 1. The van der Waals surface area contributed by atoms with E-state index in [1.807, 2.05) is 0 Å². The summed E-state index contributed by atoms with van der Waals surface area (Å²) in [6.07, 6.45) is 0.453. The van der Waals surface area contributed by atoms with Gasteiger partial charge in [-0.2, -0.15) is 0 Å². The first-order valence-corrected chi connectivity index (χ1v) is 5.81. The fourth-order valence-corrected chi connectivity index (χ4v) is 2.78. The average Bonchev–Trinajstić information content (AvgIpc) is 2.44. The van der Waals surface area contributed by atoms with Crippen molar-refractivity contribution in [3.05, 3.63) is 17.2 Å². The van der Waals surface area contributed by atoms with Crippen LogP contribution in [0.4, 0.5) is 0 Å². The molecule has 0 saturated heterocycles. The minimum atomic E-state index is -2.94. The van der Waals surface area contributed by atoms with E-state index in [0.717, 1.165) is 5.69 Å². The number of sulfone groups is 1. The Morgan fingerprint density at radius 2 is 2.31 bits per heavy atom. The van der Waals surface area contributed by atoms with E-state index in [4.69, 9.17) is 5.11 Å². The summed E-state index contributed by atoms with van der Waals surface area (Å²) in [5.41, 5.74) is 1.41. The maximum atomic E-state index is 11.2.